The van der Waals surface area contributed by atoms with Crippen LogP contribution < -0.4 is 9.74 Å². The van der Waals surface area contributed by atoms with Crippen molar-refractivity contribution in [1.29, 1.82) is 0 Å². The van der Waals surface area contributed by atoms with Crippen molar-refractivity contribution in [3.8, 4) is 17.1 Å². The first-order chi connectivity index (χ1) is 13.2. The maximum Gasteiger partial charge on any atom is 0.306 e. The van der Waals surface area contributed by atoms with Crippen molar-refractivity contribution < 1.29 is 12.6 Å². The largest absolute Gasteiger partial charge is 0.382 e. The van der Waals surface area contributed by atoms with Gasteiger partial charge in [0.15, 0.2) is 11.6 Å². The van der Waals surface area contributed by atoms with Crippen LogP contribution in [0.3, 0.4) is 0 Å². The lowest BCUT2D eigenvalue weighted by Gasteiger charge is -2.14. The van der Waals surface area contributed by atoms with Gasteiger partial charge in [0.1, 0.15) is 5.52 Å². The van der Waals surface area contributed by atoms with Gasteiger partial charge in [-0.2, -0.15) is 8.42 Å². The van der Waals surface area contributed by atoms with Crippen molar-refractivity contribution in [2.45, 2.75) is 39.5 Å². The van der Waals surface area contributed by atoms with Crippen LogP contribution in [-0.2, 0) is 17.2 Å². The van der Waals surface area contributed by atoms with Crippen LogP contribution in [-0.4, -0.2) is 28.9 Å². The zero-order valence-corrected chi connectivity index (χ0v) is 17.6. The molecule has 0 saturated carbocycles. The van der Waals surface area contributed by atoms with Gasteiger partial charge in [0.05, 0.1) is 11.8 Å². The first-order valence-corrected chi connectivity index (χ1v) is 11.1. The molecule has 150 valence electrons. The molecule has 3 aromatic rings. The Morgan fingerprint density at radius 2 is 1.82 bits per heavy atom. The highest BCUT2D eigenvalue weighted by Crippen LogP contribution is 2.31. The number of hydrogen-bond donors (Lipinski definition) is 0. The Morgan fingerprint density at radius 1 is 1.18 bits per heavy atom. The number of rotatable bonds is 6. The minimum absolute atomic E-state index is 0.136. The van der Waals surface area contributed by atoms with Crippen molar-refractivity contribution in [2.24, 2.45) is 7.05 Å². The average molecular weight is 404 g/mol. The van der Waals surface area contributed by atoms with E-state index < -0.39 is 10.1 Å². The SMILES string of the molecule is CCC(CC)c1cc(C)n2nc(-c3ccccc3OS(C)(=O)=O)n(C)c(=O)c12. The lowest BCUT2D eigenvalue weighted by molar-refractivity contribution is 0.493. The highest BCUT2D eigenvalue weighted by Gasteiger charge is 2.22. The summed E-state index contributed by atoms with van der Waals surface area (Å²) in [5.74, 6) is 0.758. The van der Waals surface area contributed by atoms with Crippen molar-refractivity contribution in [3.05, 3.63) is 51.9 Å². The molecule has 8 heteroatoms. The third kappa shape index (κ3) is 3.56. The summed E-state index contributed by atoms with van der Waals surface area (Å²) >= 11 is 0. The number of aryl methyl sites for hydroxylation is 1. The van der Waals surface area contributed by atoms with Gasteiger partial charge in [-0.1, -0.05) is 26.0 Å². The third-order valence-corrected chi connectivity index (χ3v) is 5.48. The van der Waals surface area contributed by atoms with Gasteiger partial charge in [-0.05, 0) is 49.4 Å². The number of aromatic nitrogens is 3. The lowest BCUT2D eigenvalue weighted by atomic mass is 9.95. The maximum atomic E-state index is 13.2. The van der Waals surface area contributed by atoms with E-state index in [0.29, 0.717) is 16.9 Å². The number of nitrogens with zero attached hydrogens (tertiary/aromatic N) is 3. The van der Waals surface area contributed by atoms with Crippen LogP contribution in [0.4, 0.5) is 0 Å². The maximum absolute atomic E-state index is 13.2. The Balaban J connectivity index is 2.31. The fourth-order valence-electron chi connectivity index (χ4n) is 3.57. The second kappa shape index (κ2) is 7.43. The number of fused-ring (bicyclic) bond motifs is 1. The van der Waals surface area contributed by atoms with E-state index in [2.05, 4.69) is 18.9 Å². The van der Waals surface area contributed by atoms with E-state index in [0.717, 1.165) is 30.4 Å². The zero-order valence-electron chi connectivity index (χ0n) is 16.8. The van der Waals surface area contributed by atoms with Gasteiger partial charge in [0, 0.05) is 12.7 Å². The Bertz CT molecular complexity index is 1190. The van der Waals surface area contributed by atoms with Crippen molar-refractivity contribution in [3.63, 3.8) is 0 Å². The summed E-state index contributed by atoms with van der Waals surface area (Å²) in [6.07, 6.45) is 2.86. The van der Waals surface area contributed by atoms with E-state index in [9.17, 15) is 13.2 Å². The van der Waals surface area contributed by atoms with Crippen LogP contribution in [0, 0.1) is 6.92 Å². The van der Waals surface area contributed by atoms with Gasteiger partial charge in [-0.25, -0.2) is 4.52 Å². The zero-order chi connectivity index (χ0) is 20.6. The third-order valence-electron chi connectivity index (χ3n) is 5.00. The highest BCUT2D eigenvalue weighted by atomic mass is 32.2. The standard InChI is InChI=1S/C20H25N3O4S/c1-6-14(7-2)16-12-13(3)23-18(16)20(24)22(4)19(21-23)15-10-8-9-11-17(15)27-28(5,25)26/h8-12,14H,6-7H2,1-5H3. The van der Waals surface area contributed by atoms with Gasteiger partial charge in [0.25, 0.3) is 5.56 Å². The summed E-state index contributed by atoms with van der Waals surface area (Å²) in [7, 11) is -2.08. The Morgan fingerprint density at radius 3 is 2.43 bits per heavy atom. The smallest absolute Gasteiger partial charge is 0.306 e. The molecule has 0 amide bonds. The fraction of sp³-hybridized carbons (Fsp3) is 0.400. The molecule has 28 heavy (non-hydrogen) atoms. The van der Waals surface area contributed by atoms with Gasteiger partial charge in [-0.3, -0.25) is 9.36 Å². The predicted molar refractivity (Wildman–Crippen MR) is 109 cm³/mol. The molecule has 0 fully saturated rings. The molecule has 0 aliphatic rings. The molecule has 0 spiro atoms. The summed E-state index contributed by atoms with van der Waals surface area (Å²) in [6, 6.07) is 8.68. The van der Waals surface area contributed by atoms with Crippen LogP contribution in [0.1, 0.15) is 43.9 Å². The van der Waals surface area contributed by atoms with Crippen LogP contribution in [0.2, 0.25) is 0 Å². The van der Waals surface area contributed by atoms with E-state index in [4.69, 9.17) is 4.18 Å². The monoisotopic (exact) mass is 403 g/mol. The van der Waals surface area contributed by atoms with E-state index >= 15 is 0 Å². The molecule has 0 saturated heterocycles. The molecule has 2 heterocycles. The highest BCUT2D eigenvalue weighted by molar-refractivity contribution is 7.86. The van der Waals surface area contributed by atoms with Crippen molar-refractivity contribution in [2.75, 3.05) is 6.26 Å². The summed E-state index contributed by atoms with van der Waals surface area (Å²) in [4.78, 5) is 13.2. The molecule has 0 atom stereocenters. The quantitative estimate of drug-likeness (QED) is 0.590. The molecule has 0 aliphatic heterocycles. The summed E-state index contributed by atoms with van der Waals surface area (Å²) in [5.41, 5.74) is 2.69. The van der Waals surface area contributed by atoms with E-state index in [1.165, 1.54) is 4.57 Å². The van der Waals surface area contributed by atoms with Crippen LogP contribution in [0.5, 0.6) is 5.75 Å². The van der Waals surface area contributed by atoms with Crippen molar-refractivity contribution in [1.82, 2.24) is 14.2 Å². The molecule has 2 aromatic heterocycles. The fourth-order valence-corrected chi connectivity index (χ4v) is 4.05. The van der Waals surface area contributed by atoms with Crippen LogP contribution >= 0.6 is 0 Å². The van der Waals surface area contributed by atoms with Gasteiger partial charge < -0.3 is 4.18 Å². The normalized spacial score (nSPS) is 12.1. The van der Waals surface area contributed by atoms with Gasteiger partial charge in [0.2, 0.25) is 0 Å². The Kier molecular flexibility index (Phi) is 5.34. The number of hydrogen-bond acceptors (Lipinski definition) is 5. The average Bonchev–Trinajstić information content (AvgIpc) is 2.95. The summed E-state index contributed by atoms with van der Waals surface area (Å²) in [5, 5.41) is 4.67. The first kappa shape index (κ1) is 20.1. The molecule has 0 aliphatic carbocycles. The minimum atomic E-state index is -3.72. The molecule has 7 nitrogen and oxygen atoms in total. The molecular formula is C20H25N3O4S. The molecule has 1 aromatic carbocycles. The second-order valence-electron chi connectivity index (χ2n) is 6.99. The molecule has 3 rings (SSSR count). The summed E-state index contributed by atoms with van der Waals surface area (Å²) < 4.78 is 31.5. The van der Waals surface area contributed by atoms with Gasteiger partial charge in [-0.15, -0.1) is 5.10 Å². The minimum Gasteiger partial charge on any atom is -0.382 e. The molecule has 0 unspecified atom stereocenters. The Labute approximate surface area is 164 Å². The predicted octanol–water partition coefficient (Wildman–Crippen LogP) is 3.25. The number of benzene rings is 1. The summed E-state index contributed by atoms with van der Waals surface area (Å²) in [6.45, 7) is 6.13. The van der Waals surface area contributed by atoms with Gasteiger partial charge >= 0.3 is 10.1 Å². The molecule has 0 radical (unpaired) electrons. The Hall–Kier alpha value is -2.61. The topological polar surface area (TPSA) is 82.7 Å². The number of para-hydroxylation sites is 1. The molecule has 0 N–H and O–H groups in total. The lowest BCUT2D eigenvalue weighted by Crippen LogP contribution is -2.24. The van der Waals surface area contributed by atoms with Crippen LogP contribution in [0.25, 0.3) is 16.9 Å². The van der Waals surface area contributed by atoms with E-state index in [1.807, 2.05) is 13.0 Å². The molecule has 0 bridgehead atoms. The first-order valence-electron chi connectivity index (χ1n) is 9.26. The van der Waals surface area contributed by atoms with E-state index in [-0.39, 0.29) is 17.2 Å². The second-order valence-corrected chi connectivity index (χ2v) is 8.56. The van der Waals surface area contributed by atoms with Crippen LogP contribution in [0.15, 0.2) is 35.1 Å². The van der Waals surface area contributed by atoms with Crippen molar-refractivity contribution >= 4 is 15.6 Å². The molecular weight excluding hydrogens is 378 g/mol. The van der Waals surface area contributed by atoms with E-state index in [1.54, 1.807) is 35.8 Å².